The van der Waals surface area contributed by atoms with Gasteiger partial charge in [-0.25, -0.2) is 8.70 Å². The summed E-state index contributed by atoms with van der Waals surface area (Å²) in [6.45, 7) is 1.08. The average Bonchev–Trinajstić information content (AvgIpc) is 3.36. The van der Waals surface area contributed by atoms with Crippen LogP contribution in [0.5, 0.6) is 0 Å². The number of hydrogen-bond acceptors (Lipinski definition) is 4. The highest BCUT2D eigenvalue weighted by atomic mass is 35.5. The van der Waals surface area contributed by atoms with Crippen molar-refractivity contribution >= 4 is 39.3 Å². The van der Waals surface area contributed by atoms with Crippen molar-refractivity contribution in [1.29, 1.82) is 0 Å². The molecule has 0 heterocycles. The van der Waals surface area contributed by atoms with E-state index in [4.69, 9.17) is 11.6 Å². The summed E-state index contributed by atoms with van der Waals surface area (Å²) in [6.07, 6.45) is 4.12. The third-order valence-corrected chi connectivity index (χ3v) is 8.70. The summed E-state index contributed by atoms with van der Waals surface area (Å²) in [5, 5.41) is 3.46. The Hall–Kier alpha value is -2.69. The molecule has 202 valence electrons. The summed E-state index contributed by atoms with van der Waals surface area (Å²) in [6, 6.07) is 11.5. The summed E-state index contributed by atoms with van der Waals surface area (Å²) in [4.78, 5) is 28.5. The third kappa shape index (κ3) is 7.00. The molecule has 0 saturated heterocycles. The molecule has 1 aliphatic rings. The molecule has 1 atom stereocenters. The van der Waals surface area contributed by atoms with Crippen LogP contribution in [-0.2, 0) is 26.3 Å². The smallest absolute Gasteiger partial charge is 0.304 e. The van der Waals surface area contributed by atoms with E-state index in [1.807, 2.05) is 0 Å². The Bertz CT molecular complexity index is 1200. The highest BCUT2D eigenvalue weighted by Gasteiger charge is 2.35. The van der Waals surface area contributed by atoms with Crippen molar-refractivity contribution in [2.45, 2.75) is 57.7 Å². The van der Waals surface area contributed by atoms with E-state index in [1.54, 1.807) is 31.2 Å². The largest absolute Gasteiger partial charge is 0.352 e. The Balaban J connectivity index is 1.99. The van der Waals surface area contributed by atoms with Gasteiger partial charge in [-0.15, -0.1) is 0 Å². The van der Waals surface area contributed by atoms with Gasteiger partial charge in [-0.2, -0.15) is 12.7 Å². The zero-order valence-corrected chi connectivity index (χ0v) is 22.9. The first-order valence-electron chi connectivity index (χ1n) is 12.3. The van der Waals surface area contributed by atoms with E-state index >= 15 is 0 Å². The maximum absolute atomic E-state index is 14.7. The minimum absolute atomic E-state index is 0.0117. The minimum atomic E-state index is -4.24. The maximum Gasteiger partial charge on any atom is 0.304 e. The van der Waals surface area contributed by atoms with Gasteiger partial charge in [0, 0.05) is 31.7 Å². The number of benzene rings is 2. The van der Waals surface area contributed by atoms with Crippen LogP contribution in [0.3, 0.4) is 0 Å². The second-order valence-electron chi connectivity index (χ2n) is 9.28. The van der Waals surface area contributed by atoms with Crippen LogP contribution < -0.4 is 9.62 Å². The van der Waals surface area contributed by atoms with Crippen LogP contribution in [0.4, 0.5) is 10.1 Å². The fourth-order valence-corrected chi connectivity index (χ4v) is 5.71. The van der Waals surface area contributed by atoms with Crippen molar-refractivity contribution in [1.82, 2.24) is 14.5 Å². The summed E-state index contributed by atoms with van der Waals surface area (Å²) in [5.74, 6) is -1.74. The number of halogens is 2. The minimum Gasteiger partial charge on any atom is -0.352 e. The Morgan fingerprint density at radius 3 is 2.30 bits per heavy atom. The lowest BCUT2D eigenvalue weighted by atomic mass is 10.1. The molecule has 1 N–H and O–H groups in total. The van der Waals surface area contributed by atoms with Crippen LogP contribution in [-0.4, -0.2) is 62.2 Å². The zero-order chi connectivity index (χ0) is 27.2. The first kappa shape index (κ1) is 28.9. The van der Waals surface area contributed by atoms with E-state index in [0.29, 0.717) is 17.0 Å². The molecule has 1 saturated carbocycles. The lowest BCUT2D eigenvalue weighted by Crippen LogP contribution is -2.54. The Morgan fingerprint density at radius 2 is 1.70 bits per heavy atom. The fraction of sp³-hybridized carbons (Fsp3) is 0.462. The molecule has 1 fully saturated rings. The van der Waals surface area contributed by atoms with Crippen LogP contribution >= 0.6 is 11.6 Å². The molecule has 8 nitrogen and oxygen atoms in total. The molecule has 2 aromatic carbocycles. The number of carbonyl (C=O) groups is 2. The quantitative estimate of drug-likeness (QED) is 0.457. The van der Waals surface area contributed by atoms with Gasteiger partial charge in [0.25, 0.3) is 0 Å². The maximum atomic E-state index is 14.7. The number of hydrogen-bond donors (Lipinski definition) is 1. The highest BCUT2D eigenvalue weighted by Crippen LogP contribution is 2.25. The Morgan fingerprint density at radius 1 is 1.08 bits per heavy atom. The Kier molecular flexibility index (Phi) is 9.92. The molecule has 2 aromatic rings. The summed E-state index contributed by atoms with van der Waals surface area (Å²) < 4.78 is 42.7. The first-order valence-corrected chi connectivity index (χ1v) is 14.1. The lowest BCUT2D eigenvalue weighted by Gasteiger charge is -2.34. The molecule has 0 unspecified atom stereocenters. The van der Waals surface area contributed by atoms with E-state index in [0.717, 1.165) is 40.4 Å². The van der Waals surface area contributed by atoms with Gasteiger partial charge in [-0.05, 0) is 43.0 Å². The topological polar surface area (TPSA) is 90.0 Å². The molecule has 0 aromatic heterocycles. The van der Waals surface area contributed by atoms with Gasteiger partial charge in [0.15, 0.2) is 0 Å². The predicted molar refractivity (Wildman–Crippen MR) is 143 cm³/mol. The van der Waals surface area contributed by atoms with Crippen LogP contribution in [0.25, 0.3) is 0 Å². The summed E-state index contributed by atoms with van der Waals surface area (Å²) >= 11 is 6.37. The van der Waals surface area contributed by atoms with Gasteiger partial charge in [0.2, 0.25) is 11.8 Å². The predicted octanol–water partition coefficient (Wildman–Crippen LogP) is 3.96. The van der Waals surface area contributed by atoms with Gasteiger partial charge in [0.1, 0.15) is 18.4 Å². The van der Waals surface area contributed by atoms with Crippen LogP contribution in [0, 0.1) is 5.82 Å². The zero-order valence-electron chi connectivity index (χ0n) is 21.4. The van der Waals surface area contributed by atoms with Gasteiger partial charge >= 0.3 is 10.2 Å². The van der Waals surface area contributed by atoms with E-state index in [2.05, 4.69) is 5.32 Å². The number of amides is 2. The second kappa shape index (κ2) is 12.7. The SMILES string of the molecule is CC[C@H](C(=O)NC1CCCC1)N(Cc1ccccc1Cl)C(=O)CN(c1ccccc1F)S(=O)(=O)N(C)C. The number of carbonyl (C=O) groups excluding carboxylic acids is 2. The van der Waals surface area contributed by atoms with E-state index < -0.39 is 34.5 Å². The monoisotopic (exact) mass is 552 g/mol. The van der Waals surface area contributed by atoms with Gasteiger partial charge in [0.05, 0.1) is 5.69 Å². The summed E-state index contributed by atoms with van der Waals surface area (Å²) in [5.41, 5.74) is 0.350. The molecular formula is C26H34ClFN4O4S. The normalized spacial score (nSPS) is 15.0. The number of para-hydroxylation sites is 1. The fourth-order valence-electron chi connectivity index (χ4n) is 4.45. The molecule has 0 aliphatic heterocycles. The second-order valence-corrected chi connectivity index (χ2v) is 11.7. The lowest BCUT2D eigenvalue weighted by molar-refractivity contribution is -0.140. The molecule has 0 bridgehead atoms. The van der Waals surface area contributed by atoms with E-state index in [1.165, 1.54) is 37.2 Å². The summed E-state index contributed by atoms with van der Waals surface area (Å²) in [7, 11) is -1.63. The van der Waals surface area contributed by atoms with Crippen LogP contribution in [0.1, 0.15) is 44.6 Å². The van der Waals surface area contributed by atoms with Crippen LogP contribution in [0.15, 0.2) is 48.5 Å². The Labute approximate surface area is 223 Å². The van der Waals surface area contributed by atoms with Crippen molar-refractivity contribution in [3.63, 3.8) is 0 Å². The highest BCUT2D eigenvalue weighted by molar-refractivity contribution is 7.90. The molecule has 3 rings (SSSR count). The first-order chi connectivity index (χ1) is 17.6. The van der Waals surface area contributed by atoms with Crippen LogP contribution in [0.2, 0.25) is 5.02 Å². The molecule has 0 spiro atoms. The molecule has 11 heteroatoms. The number of anilines is 1. The van der Waals surface area contributed by atoms with E-state index in [-0.39, 0.29) is 24.2 Å². The number of rotatable bonds is 11. The van der Waals surface area contributed by atoms with Crippen molar-refractivity contribution in [3.8, 4) is 0 Å². The van der Waals surface area contributed by atoms with Crippen molar-refractivity contribution in [2.24, 2.45) is 0 Å². The molecular weight excluding hydrogens is 519 g/mol. The molecule has 37 heavy (non-hydrogen) atoms. The average molecular weight is 553 g/mol. The molecule has 2 amide bonds. The molecule has 0 radical (unpaired) electrons. The van der Waals surface area contributed by atoms with Crippen molar-refractivity contribution in [3.05, 3.63) is 64.9 Å². The van der Waals surface area contributed by atoms with Gasteiger partial charge < -0.3 is 10.2 Å². The van der Waals surface area contributed by atoms with Crippen molar-refractivity contribution in [2.75, 3.05) is 24.9 Å². The third-order valence-electron chi connectivity index (χ3n) is 6.53. The van der Waals surface area contributed by atoms with Crippen molar-refractivity contribution < 1.29 is 22.4 Å². The number of nitrogens with one attached hydrogen (secondary N) is 1. The van der Waals surface area contributed by atoms with Gasteiger partial charge in [-0.3, -0.25) is 9.59 Å². The molecule has 1 aliphatic carbocycles. The van der Waals surface area contributed by atoms with Gasteiger partial charge in [-0.1, -0.05) is 61.7 Å². The number of nitrogens with zero attached hydrogens (tertiary/aromatic N) is 3. The van der Waals surface area contributed by atoms with E-state index in [9.17, 15) is 22.4 Å². The standard InChI is InChI=1S/C26H34ClFN4O4S/c1-4-23(26(34)29-20-12-6-7-13-20)31(17-19-11-5-8-14-21(19)27)25(33)18-32(37(35,36)30(2)3)24-16-10-9-15-22(24)28/h5,8-11,14-16,20,23H,4,6-7,12-13,17-18H2,1-3H3,(H,29,34)/t23-/m1/s1.